The highest BCUT2D eigenvalue weighted by Crippen LogP contribution is 2.22. The first kappa shape index (κ1) is 18.7. The molecule has 7 nitrogen and oxygen atoms in total. The van der Waals surface area contributed by atoms with Crippen LogP contribution in [0.4, 0.5) is 0 Å². The Morgan fingerprint density at radius 3 is 2.63 bits per heavy atom. The molecule has 0 bridgehead atoms. The average Bonchev–Trinajstić information content (AvgIpc) is 3.31. The quantitative estimate of drug-likeness (QED) is 0.549. The first-order chi connectivity index (χ1) is 13.0. The van der Waals surface area contributed by atoms with E-state index < -0.39 is 18.0 Å². The number of amides is 1. The summed E-state index contributed by atoms with van der Waals surface area (Å²) in [6.07, 6.45) is 0.678. The van der Waals surface area contributed by atoms with E-state index in [4.69, 9.17) is 13.9 Å². The molecule has 0 unspecified atom stereocenters. The number of esters is 1. The van der Waals surface area contributed by atoms with Gasteiger partial charge in [0.25, 0.3) is 0 Å². The van der Waals surface area contributed by atoms with Gasteiger partial charge in [-0.1, -0.05) is 0 Å². The number of methoxy groups -OCH3 is 1. The summed E-state index contributed by atoms with van der Waals surface area (Å²) in [5.41, 5.74) is 0.429. The molecule has 1 aromatic carbocycles. The second kappa shape index (κ2) is 8.07. The van der Waals surface area contributed by atoms with Gasteiger partial charge in [0, 0.05) is 18.5 Å². The van der Waals surface area contributed by atoms with Gasteiger partial charge in [-0.3, -0.25) is 14.4 Å². The van der Waals surface area contributed by atoms with Gasteiger partial charge in [0.15, 0.2) is 6.10 Å². The van der Waals surface area contributed by atoms with Crippen molar-refractivity contribution in [2.45, 2.75) is 26.0 Å². The monoisotopic (exact) mass is 371 g/mol. The lowest BCUT2D eigenvalue weighted by Crippen LogP contribution is -2.30. The number of ether oxygens (including phenoxy) is 2. The zero-order chi connectivity index (χ0) is 19.4. The van der Waals surface area contributed by atoms with Crippen molar-refractivity contribution in [3.8, 4) is 5.75 Å². The number of hydrogen-bond acceptors (Lipinski definition) is 6. The number of ketones is 1. The van der Waals surface area contributed by atoms with E-state index in [2.05, 4.69) is 0 Å². The standard InChI is InChI=1S/C20H21NO6/c1-13(19(23)14-5-7-16(25-2)8-6-14)27-20(24)15-10-18(22)21(11-15)12-17-4-3-9-26-17/h3-9,13,15H,10-12H2,1-2H3/t13-,15+/m1/s1. The van der Waals surface area contributed by atoms with E-state index in [1.807, 2.05) is 0 Å². The van der Waals surface area contributed by atoms with Crippen LogP contribution in [0, 0.1) is 5.92 Å². The first-order valence-electron chi connectivity index (χ1n) is 8.67. The van der Waals surface area contributed by atoms with Gasteiger partial charge in [0.2, 0.25) is 11.7 Å². The molecule has 0 N–H and O–H groups in total. The number of furan rings is 1. The van der Waals surface area contributed by atoms with Gasteiger partial charge in [0.1, 0.15) is 11.5 Å². The molecule has 0 radical (unpaired) electrons. The van der Waals surface area contributed by atoms with Crippen LogP contribution in [-0.4, -0.2) is 42.3 Å². The van der Waals surface area contributed by atoms with Crippen LogP contribution < -0.4 is 4.74 Å². The van der Waals surface area contributed by atoms with Gasteiger partial charge in [-0.2, -0.15) is 0 Å². The van der Waals surface area contributed by atoms with Crippen molar-refractivity contribution in [1.29, 1.82) is 0 Å². The molecular formula is C20H21NO6. The summed E-state index contributed by atoms with van der Waals surface area (Å²) < 4.78 is 15.6. The number of carbonyl (C=O) groups is 3. The minimum atomic E-state index is -0.930. The lowest BCUT2D eigenvalue weighted by Gasteiger charge is -2.17. The second-order valence-corrected chi connectivity index (χ2v) is 6.43. The highest BCUT2D eigenvalue weighted by Gasteiger charge is 2.37. The number of carbonyl (C=O) groups excluding carboxylic acids is 3. The lowest BCUT2D eigenvalue weighted by atomic mass is 10.1. The van der Waals surface area contributed by atoms with Crippen molar-refractivity contribution in [3.05, 3.63) is 54.0 Å². The van der Waals surface area contributed by atoms with Gasteiger partial charge < -0.3 is 18.8 Å². The van der Waals surface area contributed by atoms with Gasteiger partial charge in [0.05, 0.1) is 25.8 Å². The molecule has 1 fully saturated rings. The minimum Gasteiger partial charge on any atom is -0.497 e. The SMILES string of the molecule is COc1ccc(C(=O)[C@@H](C)OC(=O)[C@H]2CC(=O)N(Cc3ccco3)C2)cc1. The maximum atomic E-state index is 12.4. The molecule has 3 rings (SSSR count). The Hall–Kier alpha value is -3.09. The molecule has 1 amide bonds. The molecule has 0 spiro atoms. The Bertz CT molecular complexity index is 812. The third-order valence-corrected chi connectivity index (χ3v) is 4.51. The highest BCUT2D eigenvalue weighted by atomic mass is 16.5. The third-order valence-electron chi connectivity index (χ3n) is 4.51. The molecular weight excluding hydrogens is 350 g/mol. The van der Waals surface area contributed by atoms with E-state index in [0.717, 1.165) is 0 Å². The van der Waals surface area contributed by atoms with Gasteiger partial charge in [-0.25, -0.2) is 0 Å². The van der Waals surface area contributed by atoms with Crippen molar-refractivity contribution in [2.75, 3.05) is 13.7 Å². The zero-order valence-corrected chi connectivity index (χ0v) is 15.2. The fourth-order valence-corrected chi connectivity index (χ4v) is 2.99. The lowest BCUT2D eigenvalue weighted by molar-refractivity contribution is -0.151. The molecule has 142 valence electrons. The predicted molar refractivity (Wildman–Crippen MR) is 95.1 cm³/mol. The molecule has 27 heavy (non-hydrogen) atoms. The molecule has 1 aliphatic rings. The smallest absolute Gasteiger partial charge is 0.311 e. The number of benzene rings is 1. The largest absolute Gasteiger partial charge is 0.497 e. The molecule has 1 saturated heterocycles. The molecule has 0 saturated carbocycles. The molecule has 2 heterocycles. The molecule has 2 atom stereocenters. The highest BCUT2D eigenvalue weighted by molar-refractivity contribution is 6.00. The van der Waals surface area contributed by atoms with E-state index in [9.17, 15) is 14.4 Å². The number of nitrogens with zero attached hydrogens (tertiary/aromatic N) is 1. The number of hydrogen-bond donors (Lipinski definition) is 0. The van der Waals surface area contributed by atoms with Crippen molar-refractivity contribution in [2.24, 2.45) is 5.92 Å². The minimum absolute atomic E-state index is 0.0724. The van der Waals surface area contributed by atoms with Crippen LogP contribution in [-0.2, 0) is 20.9 Å². The van der Waals surface area contributed by atoms with Crippen LogP contribution in [0.15, 0.2) is 47.1 Å². The van der Waals surface area contributed by atoms with Gasteiger partial charge in [-0.05, 0) is 43.3 Å². The summed E-state index contributed by atoms with van der Waals surface area (Å²) in [7, 11) is 1.54. The number of Topliss-reactive ketones (excluding diaryl/α,β-unsaturated/α-hetero) is 1. The van der Waals surface area contributed by atoms with E-state index in [1.165, 1.54) is 13.2 Å². The predicted octanol–water partition coefficient (Wildman–Crippen LogP) is 2.45. The van der Waals surface area contributed by atoms with Crippen LogP contribution in [0.5, 0.6) is 5.75 Å². The van der Waals surface area contributed by atoms with Gasteiger partial charge >= 0.3 is 5.97 Å². The molecule has 1 aromatic heterocycles. The van der Waals surface area contributed by atoms with Crippen molar-refractivity contribution in [1.82, 2.24) is 4.90 Å². The molecule has 2 aromatic rings. The zero-order valence-electron chi connectivity index (χ0n) is 15.2. The van der Waals surface area contributed by atoms with Crippen LogP contribution in [0.3, 0.4) is 0 Å². The topological polar surface area (TPSA) is 86.0 Å². The maximum absolute atomic E-state index is 12.4. The van der Waals surface area contributed by atoms with Gasteiger partial charge in [-0.15, -0.1) is 0 Å². The Balaban J connectivity index is 1.56. The number of rotatable bonds is 7. The fraction of sp³-hybridized carbons (Fsp3) is 0.350. The van der Waals surface area contributed by atoms with Crippen molar-refractivity contribution in [3.63, 3.8) is 0 Å². The Morgan fingerprint density at radius 1 is 1.26 bits per heavy atom. The summed E-state index contributed by atoms with van der Waals surface area (Å²) in [5, 5.41) is 0. The number of likely N-dealkylation sites (tertiary alicyclic amines) is 1. The van der Waals surface area contributed by atoms with Crippen molar-refractivity contribution >= 4 is 17.7 Å². The average molecular weight is 371 g/mol. The van der Waals surface area contributed by atoms with Crippen LogP contribution >= 0.6 is 0 Å². The van der Waals surface area contributed by atoms with E-state index in [1.54, 1.807) is 48.4 Å². The summed E-state index contributed by atoms with van der Waals surface area (Å²) in [6, 6.07) is 10.1. The molecule has 7 heteroatoms. The normalized spacial score (nSPS) is 17.6. The second-order valence-electron chi connectivity index (χ2n) is 6.43. The van der Waals surface area contributed by atoms with Crippen LogP contribution in [0.1, 0.15) is 29.5 Å². The Morgan fingerprint density at radius 2 is 2.00 bits per heavy atom. The summed E-state index contributed by atoms with van der Waals surface area (Å²) in [5.74, 6) is -0.277. The van der Waals surface area contributed by atoms with Crippen LogP contribution in [0.2, 0.25) is 0 Å². The van der Waals surface area contributed by atoms with E-state index in [0.29, 0.717) is 23.6 Å². The van der Waals surface area contributed by atoms with Crippen molar-refractivity contribution < 1.29 is 28.3 Å². The fourth-order valence-electron chi connectivity index (χ4n) is 2.99. The molecule has 1 aliphatic heterocycles. The molecule has 0 aliphatic carbocycles. The maximum Gasteiger partial charge on any atom is 0.311 e. The van der Waals surface area contributed by atoms with Crippen LogP contribution in [0.25, 0.3) is 0 Å². The summed E-state index contributed by atoms with van der Waals surface area (Å²) >= 11 is 0. The Labute approximate surface area is 156 Å². The third kappa shape index (κ3) is 4.36. The van der Waals surface area contributed by atoms with E-state index >= 15 is 0 Å². The Kier molecular flexibility index (Phi) is 5.59. The summed E-state index contributed by atoms with van der Waals surface area (Å²) in [6.45, 7) is 2.10. The van der Waals surface area contributed by atoms with E-state index in [-0.39, 0.29) is 24.7 Å². The first-order valence-corrected chi connectivity index (χ1v) is 8.67. The summed E-state index contributed by atoms with van der Waals surface area (Å²) in [4.78, 5) is 38.5.